The van der Waals surface area contributed by atoms with Gasteiger partial charge in [-0.1, -0.05) is 127 Å². The van der Waals surface area contributed by atoms with Gasteiger partial charge in [-0.25, -0.2) is 9.67 Å². The zero-order valence-electron chi connectivity index (χ0n) is 19.7. The van der Waals surface area contributed by atoms with Gasteiger partial charge < -0.3 is 10.2 Å². The zero-order chi connectivity index (χ0) is 25.0. The number of hydrogen-bond donors (Lipinski definition) is 2. The summed E-state index contributed by atoms with van der Waals surface area (Å²) in [5, 5.41) is 29.4. The SMILES string of the molecule is C=CC(n1ncnc1C(O)(c1ccccc1)c1ccccc1)C(O)(c1ccccc1)c1ccccc1. The molecular weight excluding hydrogens is 446 g/mol. The molecule has 0 saturated carbocycles. The Bertz CT molecular complexity index is 1340. The summed E-state index contributed by atoms with van der Waals surface area (Å²) in [5.74, 6) is 0.273. The van der Waals surface area contributed by atoms with Crippen molar-refractivity contribution in [2.45, 2.75) is 17.2 Å². The number of nitrogens with zero attached hydrogens (tertiary/aromatic N) is 3. The van der Waals surface area contributed by atoms with Crippen molar-refractivity contribution in [2.24, 2.45) is 0 Å². The molecule has 0 radical (unpaired) electrons. The maximum Gasteiger partial charge on any atom is 0.174 e. The summed E-state index contributed by atoms with van der Waals surface area (Å²) in [5.41, 5.74) is -0.557. The Balaban J connectivity index is 1.76. The average Bonchev–Trinajstić information content (AvgIpc) is 3.45. The van der Waals surface area contributed by atoms with E-state index in [4.69, 9.17) is 0 Å². The average molecular weight is 474 g/mol. The summed E-state index contributed by atoms with van der Waals surface area (Å²) in [6.45, 7) is 4.07. The van der Waals surface area contributed by atoms with Gasteiger partial charge in [-0.05, 0) is 22.3 Å². The minimum absolute atomic E-state index is 0.273. The Kier molecular flexibility index (Phi) is 6.34. The lowest BCUT2D eigenvalue weighted by Crippen LogP contribution is -2.41. The molecule has 0 saturated heterocycles. The molecule has 1 aromatic heterocycles. The lowest BCUT2D eigenvalue weighted by Gasteiger charge is -2.38. The molecule has 0 spiro atoms. The molecule has 1 heterocycles. The Morgan fingerprint density at radius 2 is 1.03 bits per heavy atom. The van der Waals surface area contributed by atoms with E-state index in [0.717, 1.165) is 0 Å². The molecule has 0 aliphatic heterocycles. The number of hydrogen-bond acceptors (Lipinski definition) is 4. The third-order valence-electron chi connectivity index (χ3n) is 6.62. The van der Waals surface area contributed by atoms with Crippen LogP contribution in [-0.4, -0.2) is 25.0 Å². The first-order chi connectivity index (χ1) is 17.6. The monoisotopic (exact) mass is 473 g/mol. The largest absolute Gasteiger partial charge is 0.378 e. The van der Waals surface area contributed by atoms with Crippen LogP contribution in [0.2, 0.25) is 0 Å². The summed E-state index contributed by atoms with van der Waals surface area (Å²) in [7, 11) is 0. The highest BCUT2D eigenvalue weighted by molar-refractivity contribution is 5.44. The molecule has 5 aromatic rings. The van der Waals surface area contributed by atoms with Gasteiger partial charge in [0, 0.05) is 0 Å². The Labute approximate surface area is 210 Å². The highest BCUT2D eigenvalue weighted by Gasteiger charge is 2.45. The van der Waals surface area contributed by atoms with Gasteiger partial charge in [-0.2, -0.15) is 5.10 Å². The smallest absolute Gasteiger partial charge is 0.174 e. The highest BCUT2D eigenvalue weighted by atomic mass is 16.3. The summed E-state index contributed by atoms with van der Waals surface area (Å²) in [4.78, 5) is 4.55. The van der Waals surface area contributed by atoms with Crippen LogP contribution in [0, 0.1) is 0 Å². The van der Waals surface area contributed by atoms with E-state index < -0.39 is 17.2 Å². The molecule has 0 bridgehead atoms. The molecule has 2 N–H and O–H groups in total. The minimum Gasteiger partial charge on any atom is -0.378 e. The molecule has 0 aliphatic rings. The van der Waals surface area contributed by atoms with Gasteiger partial charge in [0.25, 0.3) is 0 Å². The molecule has 36 heavy (non-hydrogen) atoms. The first-order valence-electron chi connectivity index (χ1n) is 11.8. The third kappa shape index (κ3) is 3.85. The predicted molar refractivity (Wildman–Crippen MR) is 140 cm³/mol. The second-order valence-corrected chi connectivity index (χ2v) is 8.65. The molecule has 178 valence electrons. The second kappa shape index (κ2) is 9.74. The molecule has 5 rings (SSSR count). The van der Waals surface area contributed by atoms with Crippen molar-refractivity contribution < 1.29 is 10.2 Å². The van der Waals surface area contributed by atoms with Gasteiger partial charge in [0.15, 0.2) is 11.4 Å². The molecule has 1 unspecified atom stereocenters. The zero-order valence-corrected chi connectivity index (χ0v) is 19.7. The van der Waals surface area contributed by atoms with E-state index in [2.05, 4.69) is 16.7 Å². The van der Waals surface area contributed by atoms with Gasteiger partial charge in [0.1, 0.15) is 18.0 Å². The predicted octanol–water partition coefficient (Wildman–Crippen LogP) is 5.23. The van der Waals surface area contributed by atoms with Crippen molar-refractivity contribution in [2.75, 3.05) is 0 Å². The van der Waals surface area contributed by atoms with Crippen LogP contribution in [-0.2, 0) is 11.2 Å². The van der Waals surface area contributed by atoms with Crippen LogP contribution in [0.1, 0.15) is 34.1 Å². The molecule has 5 heteroatoms. The van der Waals surface area contributed by atoms with E-state index in [1.807, 2.05) is 121 Å². The number of aromatic nitrogens is 3. The van der Waals surface area contributed by atoms with Gasteiger partial charge in [-0.15, -0.1) is 6.58 Å². The van der Waals surface area contributed by atoms with Crippen molar-refractivity contribution in [1.82, 2.24) is 14.8 Å². The van der Waals surface area contributed by atoms with Gasteiger partial charge >= 0.3 is 0 Å². The molecule has 1 atom stereocenters. The normalized spacial score (nSPS) is 12.7. The van der Waals surface area contributed by atoms with Crippen LogP contribution < -0.4 is 0 Å². The Morgan fingerprint density at radius 1 is 0.639 bits per heavy atom. The fourth-order valence-electron chi connectivity index (χ4n) is 4.84. The molecular formula is C31H27N3O2. The number of rotatable bonds is 8. The summed E-state index contributed by atoms with van der Waals surface area (Å²) < 4.78 is 1.58. The van der Waals surface area contributed by atoms with Crippen LogP contribution in [0.25, 0.3) is 0 Å². The van der Waals surface area contributed by atoms with Crippen LogP contribution in [0.5, 0.6) is 0 Å². The standard InChI is InChI=1S/C31H27N3O2/c1-2-28(30(35,24-15-7-3-8-16-24)25-17-9-4-10-18-25)34-29(32-23-33-34)31(36,26-19-11-5-12-20-26)27-21-13-6-14-22-27/h2-23,28,35-36H,1H2. The van der Waals surface area contributed by atoms with E-state index in [1.165, 1.54) is 6.33 Å². The summed E-state index contributed by atoms with van der Waals surface area (Å²) >= 11 is 0. The molecule has 4 aromatic carbocycles. The van der Waals surface area contributed by atoms with Crippen LogP contribution in [0.15, 0.2) is 140 Å². The van der Waals surface area contributed by atoms with Crippen molar-refractivity contribution in [3.05, 3.63) is 168 Å². The molecule has 0 fully saturated rings. The molecule has 0 amide bonds. The maximum absolute atomic E-state index is 12.5. The minimum atomic E-state index is -1.63. The van der Waals surface area contributed by atoms with E-state index >= 15 is 0 Å². The van der Waals surface area contributed by atoms with Crippen LogP contribution in [0.4, 0.5) is 0 Å². The Hall–Kier alpha value is -4.32. The summed E-state index contributed by atoms with van der Waals surface area (Å²) in [6.07, 6.45) is 3.05. The van der Waals surface area contributed by atoms with Crippen LogP contribution >= 0.6 is 0 Å². The lowest BCUT2D eigenvalue weighted by molar-refractivity contribution is 0.0280. The van der Waals surface area contributed by atoms with Crippen LogP contribution in [0.3, 0.4) is 0 Å². The second-order valence-electron chi connectivity index (χ2n) is 8.65. The fraction of sp³-hybridized carbons (Fsp3) is 0.0968. The van der Waals surface area contributed by atoms with Gasteiger partial charge in [0.05, 0.1) is 0 Å². The van der Waals surface area contributed by atoms with Gasteiger partial charge in [0.2, 0.25) is 0 Å². The maximum atomic E-state index is 12.5. The van der Waals surface area contributed by atoms with Crippen molar-refractivity contribution >= 4 is 0 Å². The molecule has 5 nitrogen and oxygen atoms in total. The molecule has 0 aliphatic carbocycles. The fourth-order valence-corrected chi connectivity index (χ4v) is 4.84. The third-order valence-corrected chi connectivity index (χ3v) is 6.62. The van der Waals surface area contributed by atoms with E-state index in [1.54, 1.807) is 10.8 Å². The van der Waals surface area contributed by atoms with E-state index in [-0.39, 0.29) is 5.82 Å². The highest BCUT2D eigenvalue weighted by Crippen LogP contribution is 2.43. The topological polar surface area (TPSA) is 71.2 Å². The number of benzene rings is 4. The quantitative estimate of drug-likeness (QED) is 0.303. The van der Waals surface area contributed by atoms with Crippen molar-refractivity contribution in [3.63, 3.8) is 0 Å². The number of aliphatic hydroxyl groups is 2. The van der Waals surface area contributed by atoms with Crippen molar-refractivity contribution in [1.29, 1.82) is 0 Å². The van der Waals surface area contributed by atoms with Gasteiger partial charge in [-0.3, -0.25) is 0 Å². The van der Waals surface area contributed by atoms with E-state index in [0.29, 0.717) is 22.3 Å². The lowest BCUT2D eigenvalue weighted by atomic mass is 9.79. The first kappa shape index (κ1) is 23.4. The Morgan fingerprint density at radius 3 is 1.42 bits per heavy atom. The first-order valence-corrected chi connectivity index (χ1v) is 11.8. The summed E-state index contributed by atoms with van der Waals surface area (Å²) in [6, 6.07) is 36.8. The van der Waals surface area contributed by atoms with Crippen molar-refractivity contribution in [3.8, 4) is 0 Å². The van der Waals surface area contributed by atoms with E-state index in [9.17, 15) is 10.2 Å².